The molecule has 106 valence electrons. The van der Waals surface area contributed by atoms with Crippen LogP contribution in [0.3, 0.4) is 0 Å². The highest BCUT2D eigenvalue weighted by molar-refractivity contribution is 6.05. The van der Waals surface area contributed by atoms with Gasteiger partial charge in [-0.15, -0.1) is 0 Å². The highest BCUT2D eigenvalue weighted by Gasteiger charge is 2.26. The number of carbonyl (C=O) groups excluding carboxylic acids is 1. The average molecular weight is 272 g/mol. The van der Waals surface area contributed by atoms with E-state index in [1.807, 2.05) is 30.5 Å². The molecule has 1 heterocycles. The molecular formula is C16H20N2O2. The van der Waals surface area contributed by atoms with Crippen LogP contribution in [-0.4, -0.2) is 28.6 Å². The molecule has 1 aromatic heterocycles. The van der Waals surface area contributed by atoms with E-state index in [1.54, 1.807) is 0 Å². The van der Waals surface area contributed by atoms with Gasteiger partial charge in [0.1, 0.15) is 0 Å². The summed E-state index contributed by atoms with van der Waals surface area (Å²) in [6, 6.07) is 7.77. The van der Waals surface area contributed by atoms with Crippen molar-refractivity contribution in [2.45, 2.75) is 31.7 Å². The van der Waals surface area contributed by atoms with Crippen LogP contribution >= 0.6 is 0 Å². The monoisotopic (exact) mass is 272 g/mol. The normalized spacial score (nSPS) is 22.9. The number of carbonyl (C=O) groups is 1. The van der Waals surface area contributed by atoms with Crippen molar-refractivity contribution in [1.29, 1.82) is 0 Å². The third-order valence-corrected chi connectivity index (χ3v) is 4.29. The van der Waals surface area contributed by atoms with E-state index in [0.717, 1.165) is 36.6 Å². The van der Waals surface area contributed by atoms with Crippen molar-refractivity contribution in [3.05, 3.63) is 36.0 Å². The quantitative estimate of drug-likeness (QED) is 0.803. The molecule has 2 aromatic rings. The predicted octanol–water partition coefficient (Wildman–Crippen LogP) is 2.45. The number of fused-ring (bicyclic) bond motifs is 1. The highest BCUT2D eigenvalue weighted by Crippen LogP contribution is 2.25. The smallest absolute Gasteiger partial charge is 0.253 e. The van der Waals surface area contributed by atoms with Gasteiger partial charge in [-0.25, -0.2) is 0 Å². The van der Waals surface area contributed by atoms with Crippen LogP contribution in [0.1, 0.15) is 36.0 Å². The number of aliphatic hydroxyl groups is 1. The molecule has 0 radical (unpaired) electrons. The third kappa shape index (κ3) is 2.43. The zero-order chi connectivity index (χ0) is 13.9. The number of hydrogen-bond donors (Lipinski definition) is 3. The van der Waals surface area contributed by atoms with Crippen LogP contribution in [0.2, 0.25) is 0 Å². The summed E-state index contributed by atoms with van der Waals surface area (Å²) in [5.74, 6) is 0.138. The molecule has 20 heavy (non-hydrogen) atoms. The van der Waals surface area contributed by atoms with Crippen LogP contribution in [0.25, 0.3) is 10.9 Å². The lowest BCUT2D eigenvalue weighted by Crippen LogP contribution is -2.43. The first-order chi connectivity index (χ1) is 9.79. The second kappa shape index (κ2) is 5.67. The van der Waals surface area contributed by atoms with Crippen molar-refractivity contribution < 1.29 is 9.90 Å². The maximum Gasteiger partial charge on any atom is 0.253 e. The van der Waals surface area contributed by atoms with E-state index in [2.05, 4.69) is 10.3 Å². The Hall–Kier alpha value is -1.81. The summed E-state index contributed by atoms with van der Waals surface area (Å²) in [4.78, 5) is 15.6. The predicted molar refractivity (Wildman–Crippen MR) is 78.6 cm³/mol. The van der Waals surface area contributed by atoms with E-state index in [4.69, 9.17) is 0 Å². The molecule has 3 rings (SSSR count). The first-order valence-electron chi connectivity index (χ1n) is 7.27. The molecule has 4 heteroatoms. The fraction of sp³-hybridized carbons (Fsp3) is 0.438. The standard InChI is InChI=1S/C16H20N2O2/c19-10-12-4-1-2-7-14(12)18-16(20)13-6-3-5-11-8-9-17-15(11)13/h3,5-6,8-9,12,14,17,19H,1-2,4,7,10H2,(H,18,20). The average Bonchev–Trinajstić information content (AvgIpc) is 2.96. The molecule has 0 spiro atoms. The van der Waals surface area contributed by atoms with Gasteiger partial charge < -0.3 is 15.4 Å². The maximum atomic E-state index is 12.5. The summed E-state index contributed by atoms with van der Waals surface area (Å²) in [5.41, 5.74) is 1.55. The van der Waals surface area contributed by atoms with E-state index in [9.17, 15) is 9.90 Å². The Kier molecular flexibility index (Phi) is 3.74. The number of H-pyrrole nitrogens is 1. The Morgan fingerprint density at radius 2 is 2.15 bits per heavy atom. The largest absolute Gasteiger partial charge is 0.396 e. The number of nitrogens with one attached hydrogen (secondary N) is 2. The Morgan fingerprint density at radius 1 is 1.30 bits per heavy atom. The Balaban J connectivity index is 1.80. The molecule has 1 amide bonds. The molecule has 0 saturated heterocycles. The first kappa shape index (κ1) is 13.2. The first-order valence-corrected chi connectivity index (χ1v) is 7.27. The molecule has 1 saturated carbocycles. The van der Waals surface area contributed by atoms with Crippen molar-refractivity contribution in [3.63, 3.8) is 0 Å². The Labute approximate surface area is 118 Å². The zero-order valence-corrected chi connectivity index (χ0v) is 11.4. The summed E-state index contributed by atoms with van der Waals surface area (Å²) in [7, 11) is 0. The van der Waals surface area contributed by atoms with Crippen molar-refractivity contribution >= 4 is 16.8 Å². The maximum absolute atomic E-state index is 12.5. The number of benzene rings is 1. The fourth-order valence-corrected chi connectivity index (χ4v) is 3.14. The minimum Gasteiger partial charge on any atom is -0.396 e. The topological polar surface area (TPSA) is 65.1 Å². The second-order valence-electron chi connectivity index (χ2n) is 5.55. The molecule has 1 aromatic carbocycles. The summed E-state index contributed by atoms with van der Waals surface area (Å²) in [6.07, 6.45) is 6.06. The van der Waals surface area contributed by atoms with Crippen LogP contribution in [-0.2, 0) is 0 Å². The lowest BCUT2D eigenvalue weighted by Gasteiger charge is -2.30. The van der Waals surface area contributed by atoms with E-state index in [-0.39, 0.29) is 24.5 Å². The summed E-state index contributed by atoms with van der Waals surface area (Å²) in [6.45, 7) is 0.150. The Bertz CT molecular complexity index is 605. The van der Waals surface area contributed by atoms with Gasteiger partial charge in [0.15, 0.2) is 0 Å². The SMILES string of the molecule is O=C(NC1CCCCC1CO)c1cccc2cc[nH]c12. The van der Waals surface area contributed by atoms with Gasteiger partial charge >= 0.3 is 0 Å². The number of aromatic amines is 1. The van der Waals surface area contributed by atoms with Gasteiger partial charge in [-0.1, -0.05) is 25.0 Å². The van der Waals surface area contributed by atoms with Crippen LogP contribution in [0, 0.1) is 5.92 Å². The molecule has 0 bridgehead atoms. The minimum absolute atomic E-state index is 0.0524. The van der Waals surface area contributed by atoms with E-state index in [0.29, 0.717) is 5.56 Å². The minimum atomic E-state index is -0.0524. The van der Waals surface area contributed by atoms with Gasteiger partial charge in [0, 0.05) is 30.1 Å². The lowest BCUT2D eigenvalue weighted by molar-refractivity contribution is 0.0874. The molecule has 1 aliphatic rings. The van der Waals surface area contributed by atoms with Gasteiger partial charge in [0.25, 0.3) is 5.91 Å². The van der Waals surface area contributed by atoms with Crippen molar-refractivity contribution in [3.8, 4) is 0 Å². The van der Waals surface area contributed by atoms with Crippen LogP contribution < -0.4 is 5.32 Å². The molecule has 0 aliphatic heterocycles. The summed E-state index contributed by atoms with van der Waals surface area (Å²) < 4.78 is 0. The van der Waals surface area contributed by atoms with Gasteiger partial charge in [-0.3, -0.25) is 4.79 Å². The van der Waals surface area contributed by atoms with E-state index < -0.39 is 0 Å². The number of rotatable bonds is 3. The van der Waals surface area contributed by atoms with E-state index in [1.165, 1.54) is 0 Å². The lowest BCUT2D eigenvalue weighted by atomic mass is 9.85. The zero-order valence-electron chi connectivity index (χ0n) is 11.4. The molecule has 1 aliphatic carbocycles. The van der Waals surface area contributed by atoms with Gasteiger partial charge in [-0.2, -0.15) is 0 Å². The van der Waals surface area contributed by atoms with Crippen LogP contribution in [0.15, 0.2) is 30.5 Å². The number of hydrogen-bond acceptors (Lipinski definition) is 2. The molecule has 2 unspecified atom stereocenters. The van der Waals surface area contributed by atoms with Crippen LogP contribution in [0.4, 0.5) is 0 Å². The molecular weight excluding hydrogens is 252 g/mol. The van der Waals surface area contributed by atoms with Crippen LogP contribution in [0.5, 0.6) is 0 Å². The van der Waals surface area contributed by atoms with Gasteiger partial charge in [0.2, 0.25) is 0 Å². The molecule has 3 N–H and O–H groups in total. The molecule has 4 nitrogen and oxygen atoms in total. The number of para-hydroxylation sites is 1. The fourth-order valence-electron chi connectivity index (χ4n) is 3.14. The molecule has 1 fully saturated rings. The highest BCUT2D eigenvalue weighted by atomic mass is 16.3. The third-order valence-electron chi connectivity index (χ3n) is 4.29. The second-order valence-corrected chi connectivity index (χ2v) is 5.55. The van der Waals surface area contributed by atoms with Crippen molar-refractivity contribution in [2.24, 2.45) is 5.92 Å². The molecule has 2 atom stereocenters. The van der Waals surface area contributed by atoms with E-state index >= 15 is 0 Å². The number of amides is 1. The summed E-state index contributed by atoms with van der Waals surface area (Å²) in [5, 5.41) is 13.6. The summed E-state index contributed by atoms with van der Waals surface area (Å²) >= 11 is 0. The number of aromatic nitrogens is 1. The van der Waals surface area contributed by atoms with Gasteiger partial charge in [0.05, 0.1) is 11.1 Å². The van der Waals surface area contributed by atoms with Gasteiger partial charge in [-0.05, 0) is 25.0 Å². The van der Waals surface area contributed by atoms with Crippen molar-refractivity contribution in [2.75, 3.05) is 6.61 Å². The van der Waals surface area contributed by atoms with Crippen molar-refractivity contribution in [1.82, 2.24) is 10.3 Å². The number of aliphatic hydroxyl groups excluding tert-OH is 1. The Morgan fingerprint density at radius 3 is 3.00 bits per heavy atom.